The Balaban J connectivity index is 1.39. The number of fused-ring (bicyclic) bond motifs is 2. The van der Waals surface area contributed by atoms with E-state index in [-0.39, 0.29) is 24.0 Å². The standard InChI is InChI=1S/C27H33NO3/c1-16-4-13-23-21(14-16)24(26(30)28-23)25-20-12-9-18(15-22(20)27(2,3)31-25)6-5-17-7-10-19(29)11-8-17/h4,9,12-15,17,19,24-25,29H,5-8,10-11H2,1-3H3,(H,28,30). The van der Waals surface area contributed by atoms with Gasteiger partial charge in [0.05, 0.1) is 23.7 Å². The van der Waals surface area contributed by atoms with E-state index in [1.54, 1.807) is 0 Å². The zero-order valence-electron chi connectivity index (χ0n) is 18.8. The second-order valence-electron chi connectivity index (χ2n) is 10.2. The number of carbonyl (C=O) groups is 1. The van der Waals surface area contributed by atoms with Crippen LogP contribution in [0.15, 0.2) is 36.4 Å². The molecule has 0 spiro atoms. The highest BCUT2D eigenvalue weighted by Gasteiger charge is 2.47. The van der Waals surface area contributed by atoms with Crippen LogP contribution in [0, 0.1) is 12.8 Å². The van der Waals surface area contributed by atoms with Gasteiger partial charge in [0.25, 0.3) is 0 Å². The molecular weight excluding hydrogens is 386 g/mol. The summed E-state index contributed by atoms with van der Waals surface area (Å²) in [5.74, 6) is 0.434. The highest BCUT2D eigenvalue weighted by atomic mass is 16.5. The van der Waals surface area contributed by atoms with Gasteiger partial charge in [-0.1, -0.05) is 35.9 Å². The van der Waals surface area contributed by atoms with Crippen LogP contribution in [0.3, 0.4) is 0 Å². The fraction of sp³-hybridized carbons (Fsp3) is 0.519. The van der Waals surface area contributed by atoms with Gasteiger partial charge >= 0.3 is 0 Å². The lowest BCUT2D eigenvalue weighted by molar-refractivity contribution is -0.124. The van der Waals surface area contributed by atoms with E-state index in [0.29, 0.717) is 0 Å². The first kappa shape index (κ1) is 20.7. The van der Waals surface area contributed by atoms with Gasteiger partial charge in [-0.3, -0.25) is 4.79 Å². The SMILES string of the molecule is Cc1ccc2c(c1)C(C1OC(C)(C)c3cc(CCC4CCC(O)CC4)ccc31)C(=O)N2. The number of hydrogen-bond donors (Lipinski definition) is 2. The Bertz CT molecular complexity index is 1000. The molecule has 5 rings (SSSR count). The molecule has 2 aromatic rings. The minimum absolute atomic E-state index is 0.0258. The van der Waals surface area contributed by atoms with Crippen molar-refractivity contribution in [3.8, 4) is 0 Å². The average molecular weight is 420 g/mol. The number of nitrogens with one attached hydrogen (secondary N) is 1. The van der Waals surface area contributed by atoms with Crippen LogP contribution < -0.4 is 5.32 Å². The highest BCUT2D eigenvalue weighted by molar-refractivity contribution is 6.03. The van der Waals surface area contributed by atoms with Gasteiger partial charge in [-0.15, -0.1) is 0 Å². The Labute approximate surface area is 185 Å². The average Bonchev–Trinajstić information content (AvgIpc) is 3.19. The molecule has 2 aliphatic heterocycles. The van der Waals surface area contributed by atoms with Crippen LogP contribution in [-0.4, -0.2) is 17.1 Å². The molecule has 1 saturated carbocycles. The van der Waals surface area contributed by atoms with Crippen molar-refractivity contribution in [3.05, 3.63) is 64.2 Å². The predicted octanol–water partition coefficient (Wildman–Crippen LogP) is 5.52. The van der Waals surface area contributed by atoms with Gasteiger partial charge in [0.2, 0.25) is 5.91 Å². The molecular formula is C27H33NO3. The van der Waals surface area contributed by atoms with Gasteiger partial charge in [0.15, 0.2) is 0 Å². The van der Waals surface area contributed by atoms with Crippen molar-refractivity contribution >= 4 is 11.6 Å². The van der Waals surface area contributed by atoms with E-state index >= 15 is 0 Å². The van der Waals surface area contributed by atoms with E-state index in [9.17, 15) is 9.90 Å². The Morgan fingerprint density at radius 1 is 1.06 bits per heavy atom. The second kappa shape index (κ2) is 7.75. The van der Waals surface area contributed by atoms with E-state index in [1.165, 1.54) is 17.5 Å². The Morgan fingerprint density at radius 3 is 2.61 bits per heavy atom. The molecule has 31 heavy (non-hydrogen) atoms. The molecule has 0 bridgehead atoms. The van der Waals surface area contributed by atoms with Crippen molar-refractivity contribution in [2.24, 2.45) is 5.92 Å². The van der Waals surface area contributed by atoms with Gasteiger partial charge in [-0.25, -0.2) is 0 Å². The van der Waals surface area contributed by atoms with Crippen molar-refractivity contribution in [2.45, 2.75) is 83.0 Å². The van der Waals surface area contributed by atoms with Crippen LogP contribution >= 0.6 is 0 Å². The number of aliphatic hydroxyl groups excluding tert-OH is 1. The van der Waals surface area contributed by atoms with E-state index in [1.807, 2.05) is 12.1 Å². The third-order valence-corrected chi connectivity index (χ3v) is 7.54. The van der Waals surface area contributed by atoms with E-state index in [2.05, 4.69) is 50.4 Å². The summed E-state index contributed by atoms with van der Waals surface area (Å²) in [6.45, 7) is 6.29. The fourth-order valence-corrected chi connectivity index (χ4v) is 5.73. The Kier molecular flexibility index (Phi) is 5.18. The maximum atomic E-state index is 12.9. The first-order chi connectivity index (χ1) is 14.8. The van der Waals surface area contributed by atoms with Crippen LogP contribution in [0.1, 0.15) is 85.8 Å². The lowest BCUT2D eigenvalue weighted by Gasteiger charge is -2.25. The molecule has 1 fully saturated rings. The zero-order chi connectivity index (χ0) is 21.8. The zero-order valence-corrected chi connectivity index (χ0v) is 18.8. The number of benzene rings is 2. The number of amides is 1. The molecule has 0 aromatic heterocycles. The van der Waals surface area contributed by atoms with E-state index < -0.39 is 5.60 Å². The number of anilines is 1. The molecule has 3 aliphatic rings. The molecule has 4 nitrogen and oxygen atoms in total. The maximum absolute atomic E-state index is 12.9. The molecule has 2 atom stereocenters. The summed E-state index contributed by atoms with van der Waals surface area (Å²) in [7, 11) is 0. The molecule has 0 saturated heterocycles. The minimum atomic E-state index is -0.419. The number of rotatable bonds is 4. The lowest BCUT2D eigenvalue weighted by atomic mass is 9.82. The van der Waals surface area contributed by atoms with Gasteiger partial charge in [0, 0.05) is 5.69 Å². The van der Waals surface area contributed by atoms with Crippen molar-refractivity contribution in [1.29, 1.82) is 0 Å². The van der Waals surface area contributed by atoms with Crippen LogP contribution in [0.2, 0.25) is 0 Å². The maximum Gasteiger partial charge on any atom is 0.235 e. The molecule has 2 N–H and O–H groups in total. The molecule has 1 amide bonds. The monoisotopic (exact) mass is 419 g/mol. The topological polar surface area (TPSA) is 58.6 Å². The van der Waals surface area contributed by atoms with Gasteiger partial charge in [-0.05, 0) is 93.5 Å². The normalized spacial score (nSPS) is 28.8. The summed E-state index contributed by atoms with van der Waals surface area (Å²) >= 11 is 0. The van der Waals surface area contributed by atoms with Crippen LogP contribution in [0.4, 0.5) is 5.69 Å². The first-order valence-corrected chi connectivity index (χ1v) is 11.7. The number of aryl methyl sites for hydroxylation is 2. The molecule has 2 aromatic carbocycles. The molecule has 164 valence electrons. The highest BCUT2D eigenvalue weighted by Crippen LogP contribution is 2.52. The quantitative estimate of drug-likeness (QED) is 0.686. The summed E-state index contributed by atoms with van der Waals surface area (Å²) in [5.41, 5.74) is 6.38. The summed E-state index contributed by atoms with van der Waals surface area (Å²) in [6, 6.07) is 12.9. The number of aliphatic hydroxyl groups is 1. The molecule has 0 radical (unpaired) electrons. The van der Waals surface area contributed by atoms with Crippen molar-refractivity contribution < 1.29 is 14.6 Å². The second-order valence-corrected chi connectivity index (χ2v) is 10.2. The van der Waals surface area contributed by atoms with Gasteiger partial charge in [-0.2, -0.15) is 0 Å². The van der Waals surface area contributed by atoms with Crippen LogP contribution in [-0.2, 0) is 21.6 Å². The minimum Gasteiger partial charge on any atom is -0.393 e. The number of carbonyl (C=O) groups excluding carboxylic acids is 1. The summed E-state index contributed by atoms with van der Waals surface area (Å²) < 4.78 is 6.54. The summed E-state index contributed by atoms with van der Waals surface area (Å²) in [6.07, 6.45) is 6.05. The Morgan fingerprint density at radius 2 is 1.84 bits per heavy atom. The first-order valence-electron chi connectivity index (χ1n) is 11.7. The molecule has 2 unspecified atom stereocenters. The van der Waals surface area contributed by atoms with E-state index in [0.717, 1.165) is 60.4 Å². The number of hydrogen-bond acceptors (Lipinski definition) is 3. The lowest BCUT2D eigenvalue weighted by Crippen LogP contribution is -2.22. The fourth-order valence-electron chi connectivity index (χ4n) is 5.73. The number of ether oxygens (including phenoxy) is 1. The summed E-state index contributed by atoms with van der Waals surface area (Å²) in [4.78, 5) is 12.9. The van der Waals surface area contributed by atoms with Crippen LogP contribution in [0.5, 0.6) is 0 Å². The third-order valence-electron chi connectivity index (χ3n) is 7.54. The molecule has 1 aliphatic carbocycles. The van der Waals surface area contributed by atoms with Crippen LogP contribution in [0.25, 0.3) is 0 Å². The van der Waals surface area contributed by atoms with Gasteiger partial charge in [0.1, 0.15) is 0 Å². The third kappa shape index (κ3) is 3.81. The smallest absolute Gasteiger partial charge is 0.235 e. The van der Waals surface area contributed by atoms with Gasteiger partial charge < -0.3 is 15.2 Å². The molecule has 2 heterocycles. The van der Waals surface area contributed by atoms with Crippen molar-refractivity contribution in [3.63, 3.8) is 0 Å². The van der Waals surface area contributed by atoms with Crippen molar-refractivity contribution in [1.82, 2.24) is 0 Å². The summed E-state index contributed by atoms with van der Waals surface area (Å²) in [5, 5.41) is 12.8. The molecule has 4 heteroatoms. The Hall–Kier alpha value is -2.17. The van der Waals surface area contributed by atoms with E-state index in [4.69, 9.17) is 4.74 Å². The predicted molar refractivity (Wildman–Crippen MR) is 122 cm³/mol. The van der Waals surface area contributed by atoms with Crippen molar-refractivity contribution in [2.75, 3.05) is 5.32 Å². The largest absolute Gasteiger partial charge is 0.393 e.